The van der Waals surface area contributed by atoms with E-state index in [9.17, 15) is 9.00 Å². The van der Waals surface area contributed by atoms with E-state index in [0.29, 0.717) is 18.0 Å². The molecule has 1 fully saturated rings. The Morgan fingerprint density at radius 3 is 2.55 bits per heavy atom. The van der Waals surface area contributed by atoms with Crippen molar-refractivity contribution in [2.45, 2.75) is 19.3 Å². The van der Waals surface area contributed by atoms with Crippen LogP contribution in [0.2, 0.25) is 0 Å². The fraction of sp³-hybridized carbons (Fsp3) is 0.533. The number of hydrogen-bond acceptors (Lipinski definition) is 3. The average molecular weight is 326 g/mol. The maximum atomic E-state index is 12.4. The fourth-order valence-electron chi connectivity index (χ4n) is 2.69. The van der Waals surface area contributed by atoms with Crippen LogP contribution in [-0.4, -0.2) is 46.3 Å². The normalized spacial score (nSPS) is 17.3. The quantitative estimate of drug-likeness (QED) is 0.779. The second-order valence-electron chi connectivity index (χ2n) is 5.40. The summed E-state index contributed by atoms with van der Waals surface area (Å²) < 4.78 is 26.8. The number of carbonyl (C=O) groups excluding carboxylic acids is 1. The third kappa shape index (κ3) is 4.79. The summed E-state index contributed by atoms with van der Waals surface area (Å²) in [4.78, 5) is 14.3. The van der Waals surface area contributed by atoms with Crippen molar-refractivity contribution in [1.82, 2.24) is 9.62 Å². The molecule has 0 spiro atoms. The summed E-state index contributed by atoms with van der Waals surface area (Å²) in [6, 6.07) is 7.16. The molecule has 2 rings (SSSR count). The number of ether oxygens (including phenoxy) is 1. The van der Waals surface area contributed by atoms with E-state index < -0.39 is 11.3 Å². The number of amides is 1. The van der Waals surface area contributed by atoms with Crippen molar-refractivity contribution in [3.8, 4) is 5.75 Å². The lowest BCUT2D eigenvalue weighted by Gasteiger charge is -2.32. The van der Waals surface area contributed by atoms with Crippen LogP contribution >= 0.6 is 0 Å². The van der Waals surface area contributed by atoms with Gasteiger partial charge in [0.1, 0.15) is 5.75 Å². The zero-order valence-electron chi connectivity index (χ0n) is 12.7. The predicted molar refractivity (Wildman–Crippen MR) is 85.0 cm³/mol. The van der Waals surface area contributed by atoms with Crippen LogP contribution in [0, 0.1) is 5.92 Å². The second-order valence-corrected chi connectivity index (χ2v) is 6.18. The van der Waals surface area contributed by atoms with E-state index >= 15 is 0 Å². The number of nitrogens with zero attached hydrogens (tertiary/aromatic N) is 1. The second kappa shape index (κ2) is 8.26. The van der Waals surface area contributed by atoms with Crippen molar-refractivity contribution in [1.29, 1.82) is 0 Å². The molecule has 1 aliphatic rings. The number of piperidine rings is 1. The molecule has 1 atom stereocenters. The molecule has 0 saturated carbocycles. The molecule has 1 aromatic carbocycles. The Morgan fingerprint density at radius 2 is 2.00 bits per heavy atom. The number of carbonyl (C=O) groups is 1. The van der Waals surface area contributed by atoms with Gasteiger partial charge in [-0.05, 0) is 49.4 Å². The summed E-state index contributed by atoms with van der Waals surface area (Å²) >= 11 is -1.94. The number of hydrogen-bond donors (Lipinski definition) is 2. The first kappa shape index (κ1) is 16.9. The molecule has 1 aliphatic heterocycles. The van der Waals surface area contributed by atoms with Crippen LogP contribution in [0.3, 0.4) is 0 Å². The lowest BCUT2D eigenvalue weighted by Crippen LogP contribution is -2.39. The highest BCUT2D eigenvalue weighted by molar-refractivity contribution is 7.77. The summed E-state index contributed by atoms with van der Waals surface area (Å²) in [7, 11) is 1.60. The Balaban J connectivity index is 1.80. The fourth-order valence-corrected chi connectivity index (χ4v) is 2.98. The van der Waals surface area contributed by atoms with Crippen LogP contribution in [0.1, 0.15) is 29.6 Å². The lowest BCUT2D eigenvalue weighted by molar-refractivity contribution is 0.0687. The van der Waals surface area contributed by atoms with Gasteiger partial charge in [0, 0.05) is 25.2 Å². The van der Waals surface area contributed by atoms with E-state index in [0.717, 1.165) is 38.1 Å². The summed E-state index contributed by atoms with van der Waals surface area (Å²) in [5.41, 5.74) is 0.677. The first-order chi connectivity index (χ1) is 10.6. The van der Waals surface area contributed by atoms with Crippen LogP contribution in [0.5, 0.6) is 5.75 Å². The van der Waals surface area contributed by atoms with Crippen molar-refractivity contribution < 1.29 is 18.3 Å². The van der Waals surface area contributed by atoms with Gasteiger partial charge in [-0.2, -0.15) is 0 Å². The first-order valence-electron chi connectivity index (χ1n) is 7.38. The molecular formula is C15H22N2O4S. The van der Waals surface area contributed by atoms with Gasteiger partial charge in [-0.25, -0.2) is 8.93 Å². The maximum Gasteiger partial charge on any atom is 0.253 e. The molecule has 122 valence electrons. The van der Waals surface area contributed by atoms with E-state index in [4.69, 9.17) is 9.29 Å². The molecule has 22 heavy (non-hydrogen) atoms. The Hall–Kier alpha value is -1.44. The van der Waals surface area contributed by atoms with Crippen molar-refractivity contribution in [3.05, 3.63) is 29.8 Å². The van der Waals surface area contributed by atoms with Gasteiger partial charge >= 0.3 is 0 Å². The maximum absolute atomic E-state index is 12.4. The van der Waals surface area contributed by atoms with Crippen molar-refractivity contribution in [2.75, 3.05) is 26.7 Å². The number of methoxy groups -OCH3 is 1. The molecule has 1 aromatic rings. The Morgan fingerprint density at radius 1 is 1.36 bits per heavy atom. The summed E-state index contributed by atoms with van der Waals surface area (Å²) in [5.74, 6) is 1.29. The van der Waals surface area contributed by atoms with Crippen LogP contribution in [0.25, 0.3) is 0 Å². The van der Waals surface area contributed by atoms with Gasteiger partial charge in [0.15, 0.2) is 0 Å². The van der Waals surface area contributed by atoms with Gasteiger partial charge in [0.25, 0.3) is 5.91 Å². The SMILES string of the molecule is COc1ccc(C(=O)N2CCC(CCNS(=O)O)CC2)cc1. The van der Waals surface area contributed by atoms with Gasteiger partial charge in [0.05, 0.1) is 7.11 Å². The molecule has 0 aromatic heterocycles. The lowest BCUT2D eigenvalue weighted by atomic mass is 9.93. The van der Waals surface area contributed by atoms with E-state index in [2.05, 4.69) is 4.72 Å². The minimum absolute atomic E-state index is 0.0516. The highest BCUT2D eigenvalue weighted by atomic mass is 32.2. The van der Waals surface area contributed by atoms with Crippen molar-refractivity contribution in [3.63, 3.8) is 0 Å². The molecule has 0 bridgehead atoms. The number of rotatable bonds is 6. The van der Waals surface area contributed by atoms with Crippen molar-refractivity contribution >= 4 is 17.2 Å². The van der Waals surface area contributed by atoms with Gasteiger partial charge in [-0.1, -0.05) is 0 Å². The van der Waals surface area contributed by atoms with E-state index in [-0.39, 0.29) is 5.91 Å². The van der Waals surface area contributed by atoms with E-state index in [1.807, 2.05) is 4.90 Å². The smallest absolute Gasteiger partial charge is 0.253 e. The van der Waals surface area contributed by atoms with Crippen molar-refractivity contribution in [2.24, 2.45) is 5.92 Å². The highest BCUT2D eigenvalue weighted by Crippen LogP contribution is 2.22. The number of benzene rings is 1. The topological polar surface area (TPSA) is 78.9 Å². The van der Waals surface area contributed by atoms with Gasteiger partial charge in [-0.3, -0.25) is 9.35 Å². The van der Waals surface area contributed by atoms with Gasteiger partial charge in [-0.15, -0.1) is 0 Å². The molecule has 1 saturated heterocycles. The predicted octanol–water partition coefficient (Wildman–Crippen LogP) is 1.66. The minimum atomic E-state index is -1.94. The molecule has 1 amide bonds. The molecule has 1 unspecified atom stereocenters. The molecular weight excluding hydrogens is 304 g/mol. The van der Waals surface area contributed by atoms with E-state index in [1.54, 1.807) is 31.4 Å². The Bertz CT molecular complexity index is 513. The zero-order chi connectivity index (χ0) is 15.9. The molecule has 0 aliphatic carbocycles. The van der Waals surface area contributed by atoms with E-state index in [1.165, 1.54) is 0 Å². The monoisotopic (exact) mass is 326 g/mol. The zero-order valence-corrected chi connectivity index (χ0v) is 13.5. The molecule has 6 nitrogen and oxygen atoms in total. The minimum Gasteiger partial charge on any atom is -0.497 e. The van der Waals surface area contributed by atoms with Crippen LogP contribution in [0.4, 0.5) is 0 Å². The van der Waals surface area contributed by atoms with Gasteiger partial charge < -0.3 is 9.64 Å². The standard InChI is InChI=1S/C15H22N2O4S/c1-21-14-4-2-13(3-5-14)15(18)17-10-7-12(8-11-17)6-9-16-22(19)20/h2-5,12,16H,6-11H2,1H3,(H,19,20). The van der Waals surface area contributed by atoms with Crippen LogP contribution < -0.4 is 9.46 Å². The van der Waals surface area contributed by atoms with Gasteiger partial charge in [0.2, 0.25) is 11.3 Å². The van der Waals surface area contributed by atoms with Crippen LogP contribution in [0.15, 0.2) is 24.3 Å². The number of nitrogens with one attached hydrogen (secondary N) is 1. The summed E-state index contributed by atoms with van der Waals surface area (Å²) in [5, 5.41) is 0. The molecule has 1 heterocycles. The summed E-state index contributed by atoms with van der Waals surface area (Å²) in [6.45, 7) is 2.00. The summed E-state index contributed by atoms with van der Waals surface area (Å²) in [6.07, 6.45) is 2.72. The third-order valence-corrected chi connectivity index (χ3v) is 4.47. The Kier molecular flexibility index (Phi) is 6.35. The molecule has 0 radical (unpaired) electrons. The Labute approximate surface area is 133 Å². The van der Waals surface area contributed by atoms with Crippen LogP contribution in [-0.2, 0) is 11.3 Å². The third-order valence-electron chi connectivity index (χ3n) is 4.02. The largest absolute Gasteiger partial charge is 0.497 e. The first-order valence-corrected chi connectivity index (χ1v) is 8.48. The molecule has 7 heteroatoms. The highest BCUT2D eigenvalue weighted by Gasteiger charge is 2.23. The molecule has 2 N–H and O–H groups in total. The average Bonchev–Trinajstić information content (AvgIpc) is 2.54. The number of likely N-dealkylation sites (tertiary alicyclic amines) is 1.